The summed E-state index contributed by atoms with van der Waals surface area (Å²) in [4.78, 5) is 28.3. The van der Waals surface area contributed by atoms with Crippen LogP contribution in [0.4, 0.5) is 11.5 Å². The van der Waals surface area contributed by atoms with Crippen molar-refractivity contribution in [2.75, 3.05) is 17.3 Å². The third-order valence-corrected chi connectivity index (χ3v) is 5.95. The van der Waals surface area contributed by atoms with Crippen molar-refractivity contribution in [3.63, 3.8) is 0 Å². The summed E-state index contributed by atoms with van der Waals surface area (Å²) in [5.41, 5.74) is 3.98. The Labute approximate surface area is 179 Å². The Morgan fingerprint density at radius 3 is 2.81 bits per heavy atom. The standard InChI is InChI=1S/C21H25N9O/c1-13-5-14(10-29-19(13)23-12-25-29)26-18(31)11-30-20-16(8-24-30)22-9-17(27-20)28(4)15-6-21(2,3)7-15/h5,8-10,12,15H,6-7,11H2,1-4H3,(H,26,31). The molecule has 1 saturated carbocycles. The fourth-order valence-corrected chi connectivity index (χ4v) is 4.30. The number of nitrogens with zero attached hydrogens (tertiary/aromatic N) is 8. The maximum atomic E-state index is 12.7. The van der Waals surface area contributed by atoms with Gasteiger partial charge in [-0.05, 0) is 36.8 Å². The molecule has 160 valence electrons. The maximum absolute atomic E-state index is 12.7. The van der Waals surface area contributed by atoms with Crippen LogP contribution in [0.5, 0.6) is 0 Å². The van der Waals surface area contributed by atoms with Gasteiger partial charge in [-0.15, -0.1) is 0 Å². The van der Waals surface area contributed by atoms with E-state index in [-0.39, 0.29) is 12.5 Å². The SMILES string of the molecule is Cc1cc(NC(=O)Cn2ncc3ncc(N(C)C4CC(C)(C)C4)nc32)cn2ncnc12. The van der Waals surface area contributed by atoms with Crippen molar-refractivity contribution < 1.29 is 4.79 Å². The lowest BCUT2D eigenvalue weighted by molar-refractivity contribution is -0.116. The van der Waals surface area contributed by atoms with E-state index in [1.165, 1.54) is 6.33 Å². The third-order valence-electron chi connectivity index (χ3n) is 5.95. The van der Waals surface area contributed by atoms with E-state index in [0.29, 0.717) is 28.3 Å². The number of hydrogen-bond acceptors (Lipinski definition) is 7. The second-order valence-electron chi connectivity index (χ2n) is 9.06. The van der Waals surface area contributed by atoms with Crippen LogP contribution < -0.4 is 10.2 Å². The van der Waals surface area contributed by atoms with Crippen molar-refractivity contribution in [2.45, 2.75) is 46.2 Å². The van der Waals surface area contributed by atoms with E-state index in [9.17, 15) is 4.79 Å². The minimum absolute atomic E-state index is 0.0379. The Hall–Kier alpha value is -3.56. The lowest BCUT2D eigenvalue weighted by Gasteiger charge is -2.47. The number of aromatic nitrogens is 7. The van der Waals surface area contributed by atoms with Crippen LogP contribution in [-0.4, -0.2) is 53.3 Å². The zero-order chi connectivity index (χ0) is 21.8. The number of pyridine rings is 1. The van der Waals surface area contributed by atoms with Crippen LogP contribution in [-0.2, 0) is 11.3 Å². The summed E-state index contributed by atoms with van der Waals surface area (Å²) in [6, 6.07) is 2.33. The molecule has 0 bridgehead atoms. The molecule has 0 saturated heterocycles. The molecule has 0 unspecified atom stereocenters. The predicted molar refractivity (Wildman–Crippen MR) is 117 cm³/mol. The molecule has 1 N–H and O–H groups in total. The van der Waals surface area contributed by atoms with Crippen molar-refractivity contribution >= 4 is 34.2 Å². The maximum Gasteiger partial charge on any atom is 0.246 e. The molecule has 1 amide bonds. The molecule has 1 fully saturated rings. The van der Waals surface area contributed by atoms with Gasteiger partial charge in [0.15, 0.2) is 11.3 Å². The third kappa shape index (κ3) is 3.58. The van der Waals surface area contributed by atoms with Crippen molar-refractivity contribution in [3.8, 4) is 0 Å². The number of rotatable bonds is 5. The molecular weight excluding hydrogens is 394 g/mol. The molecule has 10 nitrogen and oxygen atoms in total. The minimum atomic E-state index is -0.204. The second-order valence-corrected chi connectivity index (χ2v) is 9.06. The number of hydrogen-bond donors (Lipinski definition) is 1. The number of amides is 1. The number of fused-ring (bicyclic) bond motifs is 2. The van der Waals surface area contributed by atoms with Gasteiger partial charge in [-0.25, -0.2) is 24.1 Å². The fraction of sp³-hybridized carbons (Fsp3) is 0.429. The summed E-state index contributed by atoms with van der Waals surface area (Å²) in [5, 5.41) is 11.4. The van der Waals surface area contributed by atoms with E-state index < -0.39 is 0 Å². The molecule has 0 aromatic carbocycles. The number of carbonyl (C=O) groups is 1. The molecule has 0 spiro atoms. The van der Waals surface area contributed by atoms with E-state index in [0.717, 1.165) is 29.9 Å². The first-order chi connectivity index (χ1) is 14.8. The van der Waals surface area contributed by atoms with Crippen LogP contribution >= 0.6 is 0 Å². The molecule has 31 heavy (non-hydrogen) atoms. The monoisotopic (exact) mass is 419 g/mol. The second kappa shape index (κ2) is 7.00. The zero-order valence-electron chi connectivity index (χ0n) is 18.1. The molecule has 1 aliphatic rings. The fourth-order valence-electron chi connectivity index (χ4n) is 4.30. The first kappa shape index (κ1) is 19.4. The molecule has 10 heteroatoms. The van der Waals surface area contributed by atoms with Gasteiger partial charge in [-0.2, -0.15) is 10.2 Å². The first-order valence-corrected chi connectivity index (χ1v) is 10.3. The number of aryl methyl sites for hydroxylation is 1. The molecule has 4 aromatic rings. The lowest BCUT2D eigenvalue weighted by atomic mass is 9.68. The topological polar surface area (TPSA) is 106 Å². The first-order valence-electron chi connectivity index (χ1n) is 10.3. The Morgan fingerprint density at radius 2 is 2.03 bits per heavy atom. The Bertz CT molecular complexity index is 1280. The molecule has 5 rings (SSSR count). The summed E-state index contributed by atoms with van der Waals surface area (Å²) in [7, 11) is 2.05. The lowest BCUT2D eigenvalue weighted by Crippen LogP contribution is -2.47. The summed E-state index contributed by atoms with van der Waals surface area (Å²) in [5.74, 6) is 0.590. The van der Waals surface area contributed by atoms with Gasteiger partial charge in [0.2, 0.25) is 5.91 Å². The molecule has 0 aliphatic heterocycles. The molecule has 0 radical (unpaired) electrons. The van der Waals surface area contributed by atoms with Crippen molar-refractivity contribution in [3.05, 3.63) is 36.5 Å². The van der Waals surface area contributed by atoms with E-state index in [2.05, 4.69) is 44.2 Å². The van der Waals surface area contributed by atoms with Gasteiger partial charge in [-0.1, -0.05) is 13.8 Å². The smallest absolute Gasteiger partial charge is 0.246 e. The summed E-state index contributed by atoms with van der Waals surface area (Å²) >= 11 is 0. The van der Waals surface area contributed by atoms with Gasteiger partial charge in [0, 0.05) is 13.1 Å². The Morgan fingerprint density at radius 1 is 1.23 bits per heavy atom. The van der Waals surface area contributed by atoms with Gasteiger partial charge < -0.3 is 10.2 Å². The summed E-state index contributed by atoms with van der Waals surface area (Å²) in [6.45, 7) is 6.53. The van der Waals surface area contributed by atoms with Gasteiger partial charge in [0.1, 0.15) is 24.2 Å². The highest BCUT2D eigenvalue weighted by atomic mass is 16.2. The van der Waals surface area contributed by atoms with Crippen molar-refractivity contribution in [1.29, 1.82) is 0 Å². The van der Waals surface area contributed by atoms with Gasteiger partial charge in [0.05, 0.1) is 24.3 Å². The summed E-state index contributed by atoms with van der Waals surface area (Å²) in [6.07, 6.45) is 8.89. The van der Waals surface area contributed by atoms with Gasteiger partial charge in [-0.3, -0.25) is 4.79 Å². The molecule has 1 aliphatic carbocycles. The van der Waals surface area contributed by atoms with Gasteiger partial charge >= 0.3 is 0 Å². The number of carbonyl (C=O) groups excluding carboxylic acids is 1. The largest absolute Gasteiger partial charge is 0.355 e. The average Bonchev–Trinajstić information content (AvgIpc) is 3.32. The quantitative estimate of drug-likeness (QED) is 0.529. The van der Waals surface area contributed by atoms with E-state index in [4.69, 9.17) is 4.98 Å². The number of anilines is 2. The average molecular weight is 419 g/mol. The molecule has 4 heterocycles. The van der Waals surface area contributed by atoms with E-state index >= 15 is 0 Å². The molecular formula is C21H25N9O. The zero-order valence-corrected chi connectivity index (χ0v) is 18.1. The highest BCUT2D eigenvalue weighted by molar-refractivity contribution is 5.91. The Balaban J connectivity index is 1.34. The van der Waals surface area contributed by atoms with Crippen LogP contribution in [0.3, 0.4) is 0 Å². The Kier molecular flexibility index (Phi) is 4.38. The van der Waals surface area contributed by atoms with Crippen LogP contribution in [0, 0.1) is 12.3 Å². The molecule has 4 aromatic heterocycles. The van der Waals surface area contributed by atoms with Crippen molar-refractivity contribution in [1.82, 2.24) is 34.3 Å². The van der Waals surface area contributed by atoms with Crippen molar-refractivity contribution in [2.24, 2.45) is 5.41 Å². The predicted octanol–water partition coefficient (Wildman–Crippen LogP) is 2.44. The van der Waals surface area contributed by atoms with Crippen LogP contribution in [0.25, 0.3) is 16.8 Å². The van der Waals surface area contributed by atoms with Crippen LogP contribution in [0.2, 0.25) is 0 Å². The van der Waals surface area contributed by atoms with Crippen LogP contribution in [0.15, 0.2) is 31.0 Å². The van der Waals surface area contributed by atoms with Gasteiger partial charge in [0.25, 0.3) is 0 Å². The van der Waals surface area contributed by atoms with E-state index in [1.54, 1.807) is 27.8 Å². The van der Waals surface area contributed by atoms with Crippen LogP contribution in [0.1, 0.15) is 32.3 Å². The van der Waals surface area contributed by atoms with E-state index in [1.807, 2.05) is 20.0 Å². The highest BCUT2D eigenvalue weighted by Gasteiger charge is 2.38. The number of nitrogens with one attached hydrogen (secondary N) is 1. The summed E-state index contributed by atoms with van der Waals surface area (Å²) < 4.78 is 3.23. The minimum Gasteiger partial charge on any atom is -0.355 e. The normalized spacial score (nSPS) is 15.9. The highest BCUT2D eigenvalue weighted by Crippen LogP contribution is 2.43. The molecule has 0 atom stereocenters.